The van der Waals surface area contributed by atoms with Crippen molar-refractivity contribution < 1.29 is 4.79 Å². The summed E-state index contributed by atoms with van der Waals surface area (Å²) in [7, 11) is 3.75. The first-order valence-corrected chi connectivity index (χ1v) is 9.63. The third kappa shape index (κ3) is 7.37. The van der Waals surface area contributed by atoms with Crippen LogP contribution in [0.4, 0.5) is 5.69 Å². The Morgan fingerprint density at radius 3 is 2.41 bits per heavy atom. The van der Waals surface area contributed by atoms with Crippen molar-refractivity contribution in [1.82, 2.24) is 15.1 Å². The second kappa shape index (κ2) is 12.3. The van der Waals surface area contributed by atoms with Crippen molar-refractivity contribution in [2.45, 2.75) is 19.8 Å². The first-order chi connectivity index (χ1) is 12.5. The Balaban J connectivity index is 0.00000364. The summed E-state index contributed by atoms with van der Waals surface area (Å²) >= 11 is 5.95. The van der Waals surface area contributed by atoms with E-state index >= 15 is 0 Å². The molecule has 0 spiro atoms. The molecule has 1 fully saturated rings. The van der Waals surface area contributed by atoms with E-state index in [4.69, 9.17) is 11.6 Å². The van der Waals surface area contributed by atoms with Crippen LogP contribution in [0, 0.1) is 0 Å². The van der Waals surface area contributed by atoms with Gasteiger partial charge in [0.25, 0.3) is 0 Å². The van der Waals surface area contributed by atoms with Crippen LogP contribution in [0.2, 0.25) is 5.02 Å². The van der Waals surface area contributed by atoms with Gasteiger partial charge in [0.1, 0.15) is 0 Å². The highest BCUT2D eigenvalue weighted by molar-refractivity contribution is 14.0. The predicted molar refractivity (Wildman–Crippen MR) is 125 cm³/mol. The van der Waals surface area contributed by atoms with E-state index in [9.17, 15) is 4.79 Å². The maximum absolute atomic E-state index is 12.5. The number of hydrogen-bond donors (Lipinski definition) is 1. The molecule has 1 amide bonds. The number of nitrogens with one attached hydrogen (secondary N) is 1. The van der Waals surface area contributed by atoms with Gasteiger partial charge in [0, 0.05) is 57.5 Å². The summed E-state index contributed by atoms with van der Waals surface area (Å²) in [5, 5.41) is 3.92. The quantitative estimate of drug-likeness (QED) is 0.365. The molecule has 152 valence electrons. The topological polar surface area (TPSA) is 51.2 Å². The van der Waals surface area contributed by atoms with E-state index in [0.29, 0.717) is 0 Å². The number of carbonyl (C=O) groups excluding carboxylic acids is 1. The zero-order chi connectivity index (χ0) is 18.9. The molecule has 27 heavy (non-hydrogen) atoms. The molecule has 0 aromatic heterocycles. The molecule has 1 aliphatic heterocycles. The number of anilines is 1. The largest absolute Gasteiger partial charge is 0.368 e. The number of hydrogen-bond acceptors (Lipinski definition) is 3. The third-order valence-corrected chi connectivity index (χ3v) is 4.89. The summed E-state index contributed by atoms with van der Waals surface area (Å²) in [4.78, 5) is 23.0. The highest BCUT2D eigenvalue weighted by Gasteiger charge is 2.21. The number of nitrogens with zero attached hydrogens (tertiary/aromatic N) is 4. The van der Waals surface area contributed by atoms with Gasteiger partial charge >= 0.3 is 0 Å². The van der Waals surface area contributed by atoms with Crippen molar-refractivity contribution in [1.29, 1.82) is 0 Å². The molecule has 0 radical (unpaired) electrons. The van der Waals surface area contributed by atoms with Gasteiger partial charge in [0.2, 0.25) is 5.91 Å². The van der Waals surface area contributed by atoms with Crippen LogP contribution in [0.3, 0.4) is 0 Å². The van der Waals surface area contributed by atoms with Gasteiger partial charge < -0.3 is 20.0 Å². The fourth-order valence-corrected chi connectivity index (χ4v) is 3.14. The molecule has 6 nitrogen and oxygen atoms in total. The summed E-state index contributed by atoms with van der Waals surface area (Å²) in [6, 6.07) is 7.85. The highest BCUT2D eigenvalue weighted by atomic mass is 127. The SMILES string of the molecule is CCCCN(C)C(=NC)NCC(=O)N1CCN(c2ccc(Cl)cc2)CC1.I. The van der Waals surface area contributed by atoms with Crippen LogP contribution < -0.4 is 10.2 Å². The number of amides is 1. The minimum Gasteiger partial charge on any atom is -0.368 e. The molecule has 1 aromatic carbocycles. The second-order valence-corrected chi connectivity index (χ2v) is 6.96. The summed E-state index contributed by atoms with van der Waals surface area (Å²) in [6.45, 7) is 6.50. The fraction of sp³-hybridized carbons (Fsp3) is 0.579. The third-order valence-electron chi connectivity index (χ3n) is 4.64. The maximum atomic E-state index is 12.5. The lowest BCUT2D eigenvalue weighted by Crippen LogP contribution is -2.52. The number of piperazine rings is 1. The minimum absolute atomic E-state index is 0. The van der Waals surface area contributed by atoms with E-state index in [2.05, 4.69) is 27.0 Å². The number of aliphatic imine (C=N–C) groups is 1. The molecule has 2 rings (SSSR count). The van der Waals surface area contributed by atoms with Crippen molar-refractivity contribution in [2.75, 3.05) is 58.3 Å². The second-order valence-electron chi connectivity index (χ2n) is 6.52. The maximum Gasteiger partial charge on any atom is 0.242 e. The van der Waals surface area contributed by atoms with E-state index in [0.717, 1.165) is 62.2 Å². The molecule has 1 N–H and O–H groups in total. The van der Waals surface area contributed by atoms with E-state index < -0.39 is 0 Å². The van der Waals surface area contributed by atoms with Gasteiger partial charge in [-0.25, -0.2) is 0 Å². The van der Waals surface area contributed by atoms with Crippen LogP contribution >= 0.6 is 35.6 Å². The van der Waals surface area contributed by atoms with Gasteiger partial charge in [-0.3, -0.25) is 9.79 Å². The monoisotopic (exact) mass is 507 g/mol. The van der Waals surface area contributed by atoms with Gasteiger partial charge in [0.05, 0.1) is 6.54 Å². The molecular formula is C19H31ClIN5O. The summed E-state index contributed by atoms with van der Waals surface area (Å²) in [6.07, 6.45) is 2.25. The standard InChI is InChI=1S/C19H30ClN5O.HI/c1-4-5-10-23(3)19(21-2)22-15-18(26)25-13-11-24(12-14-25)17-8-6-16(20)7-9-17;/h6-9H,4-5,10-15H2,1-3H3,(H,21,22);1H. The molecule has 8 heteroatoms. The molecule has 1 aliphatic rings. The normalized spacial score (nSPS) is 14.6. The smallest absolute Gasteiger partial charge is 0.242 e. The van der Waals surface area contributed by atoms with E-state index in [1.165, 1.54) is 0 Å². The van der Waals surface area contributed by atoms with E-state index in [-0.39, 0.29) is 36.4 Å². The van der Waals surface area contributed by atoms with Crippen molar-refractivity contribution in [2.24, 2.45) is 4.99 Å². The number of unbranched alkanes of at least 4 members (excludes halogenated alkanes) is 1. The van der Waals surface area contributed by atoms with Crippen LogP contribution in [0.1, 0.15) is 19.8 Å². The fourth-order valence-electron chi connectivity index (χ4n) is 3.02. The van der Waals surface area contributed by atoms with Gasteiger partial charge in [0.15, 0.2) is 5.96 Å². The van der Waals surface area contributed by atoms with Crippen LogP contribution in [-0.2, 0) is 4.79 Å². The Hall–Kier alpha value is -1.22. The molecule has 1 saturated heterocycles. The van der Waals surface area contributed by atoms with Crippen molar-refractivity contribution in [3.8, 4) is 0 Å². The molecule has 0 unspecified atom stereocenters. The first kappa shape index (κ1) is 23.8. The molecule has 0 aliphatic carbocycles. The van der Waals surface area contributed by atoms with Crippen LogP contribution in [0.15, 0.2) is 29.3 Å². The molecule has 1 heterocycles. The van der Waals surface area contributed by atoms with E-state index in [1.54, 1.807) is 7.05 Å². The summed E-state index contributed by atoms with van der Waals surface area (Å²) in [5.74, 6) is 0.886. The Bertz CT molecular complexity index is 603. The van der Waals surface area contributed by atoms with Crippen molar-refractivity contribution in [3.05, 3.63) is 29.3 Å². The number of benzene rings is 1. The average Bonchev–Trinajstić information content (AvgIpc) is 2.67. The van der Waals surface area contributed by atoms with Crippen LogP contribution in [0.25, 0.3) is 0 Å². The van der Waals surface area contributed by atoms with Crippen LogP contribution in [0.5, 0.6) is 0 Å². The Kier molecular flexibility index (Phi) is 10.8. The number of rotatable bonds is 6. The Labute approximate surface area is 185 Å². The number of guanidine groups is 1. The molecule has 0 bridgehead atoms. The van der Waals surface area contributed by atoms with Gasteiger partial charge in [-0.05, 0) is 30.7 Å². The van der Waals surface area contributed by atoms with Crippen molar-refractivity contribution >= 4 is 53.1 Å². The molecular weight excluding hydrogens is 477 g/mol. The predicted octanol–water partition coefficient (Wildman–Crippen LogP) is 2.91. The molecule has 0 saturated carbocycles. The number of carbonyl (C=O) groups is 1. The highest BCUT2D eigenvalue weighted by Crippen LogP contribution is 2.19. The number of halogens is 2. The average molecular weight is 508 g/mol. The van der Waals surface area contributed by atoms with E-state index in [1.807, 2.05) is 36.2 Å². The minimum atomic E-state index is 0. The summed E-state index contributed by atoms with van der Waals surface area (Å²) < 4.78 is 0. The lowest BCUT2D eigenvalue weighted by atomic mass is 10.2. The van der Waals surface area contributed by atoms with Crippen molar-refractivity contribution in [3.63, 3.8) is 0 Å². The van der Waals surface area contributed by atoms with Crippen LogP contribution in [-0.4, -0.2) is 75.0 Å². The zero-order valence-corrected chi connectivity index (χ0v) is 19.5. The molecule has 0 atom stereocenters. The summed E-state index contributed by atoms with van der Waals surface area (Å²) in [5.41, 5.74) is 1.15. The lowest BCUT2D eigenvalue weighted by Gasteiger charge is -2.36. The Morgan fingerprint density at radius 2 is 1.85 bits per heavy atom. The zero-order valence-electron chi connectivity index (χ0n) is 16.4. The van der Waals surface area contributed by atoms with Gasteiger partial charge in [-0.15, -0.1) is 24.0 Å². The first-order valence-electron chi connectivity index (χ1n) is 9.25. The van der Waals surface area contributed by atoms with Gasteiger partial charge in [-0.1, -0.05) is 24.9 Å². The Morgan fingerprint density at radius 1 is 1.22 bits per heavy atom. The van der Waals surface area contributed by atoms with Gasteiger partial charge in [-0.2, -0.15) is 0 Å². The molecule has 1 aromatic rings. The lowest BCUT2D eigenvalue weighted by molar-refractivity contribution is -0.130.